The third kappa shape index (κ3) is 2.14. The van der Waals surface area contributed by atoms with E-state index in [1.807, 2.05) is 19.1 Å². The van der Waals surface area contributed by atoms with E-state index in [-0.39, 0.29) is 0 Å². The highest BCUT2D eigenvalue weighted by molar-refractivity contribution is 7.19. The van der Waals surface area contributed by atoms with Gasteiger partial charge in [0.1, 0.15) is 11.5 Å². The molecule has 15 heavy (non-hydrogen) atoms. The Labute approximate surface area is 102 Å². The van der Waals surface area contributed by atoms with E-state index in [2.05, 4.69) is 9.97 Å². The van der Waals surface area contributed by atoms with Gasteiger partial charge in [0.2, 0.25) is 0 Å². The van der Waals surface area contributed by atoms with E-state index in [1.165, 1.54) is 17.7 Å². The molecule has 2 aromatic rings. The van der Waals surface area contributed by atoms with Crippen molar-refractivity contribution < 1.29 is 0 Å². The minimum Gasteiger partial charge on any atom is -0.235 e. The molecule has 0 spiro atoms. The molecule has 0 aliphatic rings. The van der Waals surface area contributed by atoms with E-state index < -0.39 is 0 Å². The van der Waals surface area contributed by atoms with E-state index >= 15 is 0 Å². The average Bonchev–Trinajstić information content (AvgIpc) is 2.64. The lowest BCUT2D eigenvalue weighted by Crippen LogP contribution is -1.93. The zero-order valence-electron chi connectivity index (χ0n) is 8.00. The summed E-state index contributed by atoms with van der Waals surface area (Å²) in [6, 6.07) is 3.81. The molecule has 0 N–H and O–H groups in total. The van der Waals surface area contributed by atoms with Crippen LogP contribution in [0, 0.1) is 0 Å². The van der Waals surface area contributed by atoms with Crippen LogP contribution >= 0.6 is 34.5 Å². The van der Waals surface area contributed by atoms with Crippen molar-refractivity contribution in [1.29, 1.82) is 0 Å². The predicted octanol–water partition coefficient (Wildman–Crippen LogP) is 4.07. The quantitative estimate of drug-likeness (QED) is 0.759. The van der Waals surface area contributed by atoms with Crippen molar-refractivity contribution in [3.63, 3.8) is 0 Å². The van der Waals surface area contributed by atoms with Crippen molar-refractivity contribution in [1.82, 2.24) is 9.97 Å². The second-order valence-electron chi connectivity index (χ2n) is 2.95. The molecule has 2 nitrogen and oxygen atoms in total. The van der Waals surface area contributed by atoms with Gasteiger partial charge in [0, 0.05) is 5.56 Å². The largest absolute Gasteiger partial charge is 0.235 e. The first-order chi connectivity index (χ1) is 7.22. The summed E-state index contributed by atoms with van der Waals surface area (Å²) in [7, 11) is 0. The summed E-state index contributed by atoms with van der Waals surface area (Å²) in [5, 5.41) is 0.520. The molecular weight excluding hydrogens is 251 g/mol. The van der Waals surface area contributed by atoms with Gasteiger partial charge in [-0.2, -0.15) is 0 Å². The number of thiophene rings is 1. The van der Waals surface area contributed by atoms with Crippen molar-refractivity contribution in [3.8, 4) is 10.6 Å². The van der Waals surface area contributed by atoms with E-state index in [4.69, 9.17) is 23.2 Å². The van der Waals surface area contributed by atoms with Gasteiger partial charge in [-0.3, -0.25) is 0 Å². The first-order valence-electron chi connectivity index (χ1n) is 4.47. The van der Waals surface area contributed by atoms with Crippen molar-refractivity contribution in [2.24, 2.45) is 0 Å². The normalized spacial score (nSPS) is 10.6. The Morgan fingerprint density at radius 3 is 2.67 bits per heavy atom. The van der Waals surface area contributed by atoms with Crippen molar-refractivity contribution in [3.05, 3.63) is 33.5 Å². The zero-order valence-corrected chi connectivity index (χ0v) is 10.3. The molecule has 0 saturated heterocycles. The fourth-order valence-electron chi connectivity index (χ4n) is 1.36. The Hall–Kier alpha value is -0.640. The number of rotatable bonds is 2. The predicted molar refractivity (Wildman–Crippen MR) is 64.7 cm³/mol. The van der Waals surface area contributed by atoms with Crippen molar-refractivity contribution in [2.45, 2.75) is 13.3 Å². The summed E-state index contributed by atoms with van der Waals surface area (Å²) in [6.45, 7) is 2.03. The van der Waals surface area contributed by atoms with Crippen LogP contribution in [0.5, 0.6) is 0 Å². The SMILES string of the molecule is CCc1c(Cl)ncnc1-c1ccc(Cl)s1. The number of aromatic nitrogens is 2. The fourth-order valence-corrected chi connectivity index (χ4v) is 2.69. The molecule has 0 aliphatic heterocycles. The highest BCUT2D eigenvalue weighted by Crippen LogP contribution is 2.33. The molecule has 2 rings (SSSR count). The van der Waals surface area contributed by atoms with Crippen LogP contribution in [0.2, 0.25) is 9.49 Å². The Morgan fingerprint density at radius 2 is 2.07 bits per heavy atom. The van der Waals surface area contributed by atoms with Gasteiger partial charge in [-0.1, -0.05) is 30.1 Å². The molecule has 0 aromatic carbocycles. The Morgan fingerprint density at radius 1 is 1.27 bits per heavy atom. The molecule has 78 valence electrons. The summed E-state index contributed by atoms with van der Waals surface area (Å²) < 4.78 is 0.752. The minimum atomic E-state index is 0.520. The summed E-state index contributed by atoms with van der Waals surface area (Å²) in [5.41, 5.74) is 1.85. The van der Waals surface area contributed by atoms with Crippen LogP contribution in [0.4, 0.5) is 0 Å². The van der Waals surface area contributed by atoms with Crippen LogP contribution in [0.1, 0.15) is 12.5 Å². The molecular formula is C10H8Cl2N2S. The smallest absolute Gasteiger partial charge is 0.136 e. The number of hydrogen-bond donors (Lipinski definition) is 0. The van der Waals surface area contributed by atoms with Gasteiger partial charge in [0.05, 0.1) is 14.9 Å². The Bertz CT molecular complexity index is 482. The molecule has 0 radical (unpaired) electrons. The van der Waals surface area contributed by atoms with E-state index in [9.17, 15) is 0 Å². The first kappa shape index (κ1) is 10.9. The average molecular weight is 259 g/mol. The van der Waals surface area contributed by atoms with Gasteiger partial charge in [-0.05, 0) is 18.6 Å². The molecule has 0 fully saturated rings. The minimum absolute atomic E-state index is 0.520. The lowest BCUT2D eigenvalue weighted by Gasteiger charge is -2.04. The highest BCUT2D eigenvalue weighted by Gasteiger charge is 2.11. The maximum Gasteiger partial charge on any atom is 0.136 e. The molecule has 0 amide bonds. The van der Waals surface area contributed by atoms with E-state index in [0.29, 0.717) is 5.15 Å². The first-order valence-corrected chi connectivity index (χ1v) is 6.04. The summed E-state index contributed by atoms with van der Waals surface area (Å²) in [4.78, 5) is 9.25. The molecule has 0 saturated carbocycles. The van der Waals surface area contributed by atoms with Crippen LogP contribution in [0.3, 0.4) is 0 Å². The molecule has 0 bridgehead atoms. The molecule has 2 aromatic heterocycles. The molecule has 0 atom stereocenters. The van der Waals surface area contributed by atoms with Gasteiger partial charge in [-0.25, -0.2) is 9.97 Å². The maximum atomic E-state index is 6.01. The molecule has 0 unspecified atom stereocenters. The van der Waals surface area contributed by atoms with Gasteiger partial charge in [0.25, 0.3) is 0 Å². The van der Waals surface area contributed by atoms with Gasteiger partial charge >= 0.3 is 0 Å². The second-order valence-corrected chi connectivity index (χ2v) is 5.02. The monoisotopic (exact) mass is 258 g/mol. The molecule has 0 aliphatic carbocycles. The number of nitrogens with zero attached hydrogens (tertiary/aromatic N) is 2. The fraction of sp³-hybridized carbons (Fsp3) is 0.200. The second kappa shape index (κ2) is 4.47. The van der Waals surface area contributed by atoms with Gasteiger partial charge in [-0.15, -0.1) is 11.3 Å². The topological polar surface area (TPSA) is 25.8 Å². The van der Waals surface area contributed by atoms with Crippen LogP contribution in [-0.2, 0) is 6.42 Å². The van der Waals surface area contributed by atoms with E-state index in [1.54, 1.807) is 0 Å². The molecule has 2 heterocycles. The van der Waals surface area contributed by atoms with Gasteiger partial charge in [0.15, 0.2) is 0 Å². The van der Waals surface area contributed by atoms with Crippen LogP contribution in [0.15, 0.2) is 18.5 Å². The Balaban J connectivity index is 2.57. The summed E-state index contributed by atoms with van der Waals surface area (Å²) in [5.74, 6) is 0. The van der Waals surface area contributed by atoms with Crippen molar-refractivity contribution >= 4 is 34.5 Å². The maximum absolute atomic E-state index is 6.01. The lowest BCUT2D eigenvalue weighted by molar-refractivity contribution is 1.05. The highest BCUT2D eigenvalue weighted by atomic mass is 35.5. The molecule has 5 heteroatoms. The summed E-state index contributed by atoms with van der Waals surface area (Å²) >= 11 is 13.4. The van der Waals surface area contributed by atoms with E-state index in [0.717, 1.165) is 26.9 Å². The standard InChI is InChI=1S/C10H8Cl2N2S/c1-2-6-9(13-5-14-10(6)12)7-3-4-8(11)15-7/h3-5H,2H2,1H3. The number of hydrogen-bond acceptors (Lipinski definition) is 3. The lowest BCUT2D eigenvalue weighted by atomic mass is 10.1. The summed E-state index contributed by atoms with van der Waals surface area (Å²) in [6.07, 6.45) is 2.29. The zero-order chi connectivity index (χ0) is 10.8. The van der Waals surface area contributed by atoms with Gasteiger partial charge < -0.3 is 0 Å². The van der Waals surface area contributed by atoms with Crippen LogP contribution in [-0.4, -0.2) is 9.97 Å². The third-order valence-corrected chi connectivity index (χ3v) is 3.62. The van der Waals surface area contributed by atoms with Crippen LogP contribution < -0.4 is 0 Å². The third-order valence-electron chi connectivity index (χ3n) is 2.05. The Kier molecular flexibility index (Phi) is 3.24. The van der Waals surface area contributed by atoms with Crippen molar-refractivity contribution in [2.75, 3.05) is 0 Å². The van der Waals surface area contributed by atoms with Crippen LogP contribution in [0.25, 0.3) is 10.6 Å². The number of halogens is 2.